The van der Waals surface area contributed by atoms with Crippen molar-refractivity contribution in [3.05, 3.63) is 45.7 Å². The smallest absolute Gasteiger partial charge is 0.220 e. The van der Waals surface area contributed by atoms with Crippen molar-refractivity contribution in [3.8, 4) is 0 Å². The standard InChI is InChI=1S/C21H26N2O3/c1-3-13-19(16-10-11-26-21(13)16)23-18(24)9-8-14-12(2)22-17-7-5-4-6-15(17)20(14)25/h4-7,13,16,19,21H,3,8-11H2,1-2H3,(H,22,25)(H,23,24)/t13-,16+,19+,21-/m1/s1. The van der Waals surface area contributed by atoms with Crippen LogP contribution in [0.4, 0.5) is 0 Å². The van der Waals surface area contributed by atoms with E-state index in [4.69, 9.17) is 4.74 Å². The zero-order chi connectivity index (χ0) is 18.3. The van der Waals surface area contributed by atoms with Gasteiger partial charge in [-0.05, 0) is 38.3 Å². The van der Waals surface area contributed by atoms with Crippen molar-refractivity contribution < 1.29 is 9.53 Å². The molecule has 0 bridgehead atoms. The van der Waals surface area contributed by atoms with Crippen LogP contribution in [0.1, 0.15) is 37.4 Å². The molecule has 5 heteroatoms. The Morgan fingerprint density at radius 1 is 1.35 bits per heavy atom. The van der Waals surface area contributed by atoms with E-state index in [1.54, 1.807) is 0 Å². The zero-order valence-corrected chi connectivity index (χ0v) is 15.4. The lowest BCUT2D eigenvalue weighted by Crippen LogP contribution is -2.61. The van der Waals surface area contributed by atoms with Crippen molar-refractivity contribution in [3.63, 3.8) is 0 Å². The number of pyridine rings is 1. The van der Waals surface area contributed by atoms with E-state index in [1.165, 1.54) is 0 Å². The maximum atomic E-state index is 12.7. The van der Waals surface area contributed by atoms with E-state index < -0.39 is 0 Å². The van der Waals surface area contributed by atoms with Gasteiger partial charge in [-0.15, -0.1) is 0 Å². The van der Waals surface area contributed by atoms with Crippen molar-refractivity contribution in [2.24, 2.45) is 11.8 Å². The van der Waals surface area contributed by atoms with Gasteiger partial charge in [0.1, 0.15) is 0 Å². The van der Waals surface area contributed by atoms with E-state index in [-0.39, 0.29) is 17.4 Å². The van der Waals surface area contributed by atoms with Gasteiger partial charge in [0.25, 0.3) is 0 Å². The van der Waals surface area contributed by atoms with Crippen molar-refractivity contribution in [2.45, 2.75) is 51.7 Å². The third kappa shape index (κ3) is 2.84. The van der Waals surface area contributed by atoms with Gasteiger partial charge in [0.05, 0.1) is 6.10 Å². The van der Waals surface area contributed by atoms with Gasteiger partial charge in [0.15, 0.2) is 5.43 Å². The first-order valence-corrected chi connectivity index (χ1v) is 9.61. The molecule has 2 fully saturated rings. The Morgan fingerprint density at radius 3 is 2.96 bits per heavy atom. The third-order valence-electron chi connectivity index (χ3n) is 6.15. The number of H-pyrrole nitrogens is 1. The van der Waals surface area contributed by atoms with Gasteiger partial charge in [-0.2, -0.15) is 0 Å². The number of ether oxygens (including phenoxy) is 1. The zero-order valence-electron chi connectivity index (χ0n) is 15.4. The summed E-state index contributed by atoms with van der Waals surface area (Å²) in [4.78, 5) is 28.5. The third-order valence-corrected chi connectivity index (χ3v) is 6.15. The predicted molar refractivity (Wildman–Crippen MR) is 101 cm³/mol. The highest BCUT2D eigenvalue weighted by Crippen LogP contribution is 2.45. The van der Waals surface area contributed by atoms with Gasteiger partial charge < -0.3 is 15.0 Å². The fourth-order valence-electron chi connectivity index (χ4n) is 4.73. The molecular weight excluding hydrogens is 328 g/mol. The van der Waals surface area contributed by atoms with Crippen molar-refractivity contribution in [1.29, 1.82) is 0 Å². The van der Waals surface area contributed by atoms with Gasteiger partial charge in [-0.25, -0.2) is 0 Å². The first-order chi connectivity index (χ1) is 12.6. The highest BCUT2D eigenvalue weighted by atomic mass is 16.5. The molecule has 2 heterocycles. The molecule has 4 atom stereocenters. The number of aryl methyl sites for hydroxylation is 1. The SMILES string of the molecule is CC[C@@H]1[C@H](NC(=O)CCc2c(C)[nH]c3ccccc3c2=O)[C@@H]2CCO[C@H]12. The highest BCUT2D eigenvalue weighted by Gasteiger charge is 2.53. The van der Waals surface area contributed by atoms with Crippen LogP contribution in [0.3, 0.4) is 0 Å². The molecule has 1 amide bonds. The lowest BCUT2D eigenvalue weighted by Gasteiger charge is -2.47. The second-order valence-corrected chi connectivity index (χ2v) is 7.56. The lowest BCUT2D eigenvalue weighted by atomic mass is 9.65. The number of rotatable bonds is 5. The Kier molecular flexibility index (Phi) is 4.57. The minimum absolute atomic E-state index is 0.0315. The summed E-state index contributed by atoms with van der Waals surface area (Å²) in [5.41, 5.74) is 2.43. The summed E-state index contributed by atoms with van der Waals surface area (Å²) < 4.78 is 5.77. The molecule has 1 aliphatic carbocycles. The molecule has 0 spiro atoms. The Bertz CT molecular complexity index is 888. The fourth-order valence-corrected chi connectivity index (χ4v) is 4.73. The maximum Gasteiger partial charge on any atom is 0.220 e. The van der Waals surface area contributed by atoms with Crippen molar-refractivity contribution in [2.75, 3.05) is 6.61 Å². The van der Waals surface area contributed by atoms with Crippen LogP contribution in [-0.4, -0.2) is 29.6 Å². The Morgan fingerprint density at radius 2 is 2.15 bits per heavy atom. The molecule has 0 unspecified atom stereocenters. The Balaban J connectivity index is 1.43. The normalized spacial score (nSPS) is 27.2. The molecule has 1 aromatic heterocycles. The summed E-state index contributed by atoms with van der Waals surface area (Å²) in [7, 11) is 0. The molecule has 2 aliphatic rings. The summed E-state index contributed by atoms with van der Waals surface area (Å²) >= 11 is 0. The van der Waals surface area contributed by atoms with Gasteiger partial charge in [-0.3, -0.25) is 9.59 Å². The van der Waals surface area contributed by atoms with E-state index in [2.05, 4.69) is 17.2 Å². The second kappa shape index (κ2) is 6.88. The minimum atomic E-state index is 0.0315. The molecule has 138 valence electrons. The molecular formula is C21H26N2O3. The van der Waals surface area contributed by atoms with E-state index in [9.17, 15) is 9.59 Å². The number of nitrogens with one attached hydrogen (secondary N) is 2. The average molecular weight is 354 g/mol. The van der Waals surface area contributed by atoms with Crippen LogP contribution < -0.4 is 10.7 Å². The summed E-state index contributed by atoms with van der Waals surface area (Å²) in [5, 5.41) is 3.89. The summed E-state index contributed by atoms with van der Waals surface area (Å²) in [6.07, 6.45) is 3.20. The number of aromatic nitrogens is 1. The van der Waals surface area contributed by atoms with E-state index in [0.29, 0.717) is 41.7 Å². The minimum Gasteiger partial charge on any atom is -0.377 e. The summed E-state index contributed by atoms with van der Waals surface area (Å²) in [6.45, 7) is 4.87. The van der Waals surface area contributed by atoms with Crippen LogP contribution in [-0.2, 0) is 16.0 Å². The van der Waals surface area contributed by atoms with Gasteiger partial charge >= 0.3 is 0 Å². The van der Waals surface area contributed by atoms with E-state index >= 15 is 0 Å². The predicted octanol–water partition coefficient (Wildman–Crippen LogP) is 2.70. The largest absolute Gasteiger partial charge is 0.377 e. The number of hydrogen-bond donors (Lipinski definition) is 2. The van der Waals surface area contributed by atoms with Crippen molar-refractivity contribution in [1.82, 2.24) is 10.3 Å². The molecule has 26 heavy (non-hydrogen) atoms. The Labute approximate surface area is 153 Å². The first-order valence-electron chi connectivity index (χ1n) is 9.61. The monoisotopic (exact) mass is 354 g/mol. The molecule has 2 aromatic rings. The molecule has 4 rings (SSSR count). The number of amides is 1. The number of hydrogen-bond acceptors (Lipinski definition) is 3. The van der Waals surface area contributed by atoms with Gasteiger partial charge in [-0.1, -0.05) is 19.1 Å². The molecule has 5 nitrogen and oxygen atoms in total. The molecule has 1 saturated heterocycles. The number of benzene rings is 1. The van der Waals surface area contributed by atoms with Crippen LogP contribution in [0.15, 0.2) is 29.1 Å². The van der Waals surface area contributed by atoms with Crippen LogP contribution in [0.5, 0.6) is 0 Å². The maximum absolute atomic E-state index is 12.7. The van der Waals surface area contributed by atoms with Crippen LogP contribution >= 0.6 is 0 Å². The Hall–Kier alpha value is -2.14. The number of carbonyl (C=O) groups is 1. The molecule has 2 N–H and O–H groups in total. The summed E-state index contributed by atoms with van der Waals surface area (Å²) in [6, 6.07) is 7.74. The summed E-state index contributed by atoms with van der Waals surface area (Å²) in [5.74, 6) is 0.928. The van der Waals surface area contributed by atoms with Crippen LogP contribution in [0, 0.1) is 18.8 Å². The fraction of sp³-hybridized carbons (Fsp3) is 0.524. The molecule has 1 saturated carbocycles. The number of fused-ring (bicyclic) bond motifs is 2. The van der Waals surface area contributed by atoms with E-state index in [0.717, 1.165) is 30.7 Å². The van der Waals surface area contributed by atoms with Gasteiger partial charge in [0, 0.05) is 53.1 Å². The quantitative estimate of drug-likeness (QED) is 0.867. The number of carbonyl (C=O) groups excluding carboxylic acids is 1. The van der Waals surface area contributed by atoms with Gasteiger partial charge in [0.2, 0.25) is 5.91 Å². The molecule has 1 aromatic carbocycles. The topological polar surface area (TPSA) is 71.2 Å². The van der Waals surface area contributed by atoms with Crippen molar-refractivity contribution >= 4 is 16.8 Å². The average Bonchev–Trinajstić information content (AvgIpc) is 3.04. The number of para-hydroxylation sites is 1. The first kappa shape index (κ1) is 17.3. The molecule has 0 radical (unpaired) electrons. The second-order valence-electron chi connectivity index (χ2n) is 7.56. The van der Waals surface area contributed by atoms with Crippen LogP contribution in [0.2, 0.25) is 0 Å². The van der Waals surface area contributed by atoms with E-state index in [1.807, 2.05) is 31.2 Å². The highest BCUT2D eigenvalue weighted by molar-refractivity contribution is 5.80. The molecule has 1 aliphatic heterocycles. The lowest BCUT2D eigenvalue weighted by molar-refractivity contribution is -0.127. The number of aromatic amines is 1. The van der Waals surface area contributed by atoms with Crippen LogP contribution in [0.25, 0.3) is 10.9 Å².